The van der Waals surface area contributed by atoms with E-state index < -0.39 is 11.5 Å². The molecule has 3 amide bonds. The Balaban J connectivity index is 1.34. The molecule has 1 spiro atoms. The Labute approximate surface area is 181 Å². The van der Waals surface area contributed by atoms with E-state index in [0.717, 1.165) is 25.9 Å². The van der Waals surface area contributed by atoms with Crippen LogP contribution in [-0.2, 0) is 14.3 Å². The zero-order chi connectivity index (χ0) is 22.4. The van der Waals surface area contributed by atoms with E-state index in [0.29, 0.717) is 30.8 Å². The van der Waals surface area contributed by atoms with Crippen LogP contribution in [0.5, 0.6) is 0 Å². The summed E-state index contributed by atoms with van der Waals surface area (Å²) in [5.74, 6) is -1.46. The molecule has 0 saturated carbocycles. The highest BCUT2D eigenvalue weighted by Crippen LogP contribution is 2.43. The van der Waals surface area contributed by atoms with Crippen molar-refractivity contribution in [3.05, 3.63) is 29.6 Å². The molecular weight excluding hydrogens is 401 g/mol. The lowest BCUT2D eigenvalue weighted by molar-refractivity contribution is -0.134. The smallest absolute Gasteiger partial charge is 0.410 e. The van der Waals surface area contributed by atoms with Gasteiger partial charge in [0.05, 0.1) is 11.6 Å². The quantitative estimate of drug-likeness (QED) is 0.728. The van der Waals surface area contributed by atoms with Crippen LogP contribution in [0.3, 0.4) is 0 Å². The van der Waals surface area contributed by atoms with Crippen molar-refractivity contribution in [2.45, 2.75) is 58.0 Å². The Kier molecular flexibility index (Phi) is 5.43. The van der Waals surface area contributed by atoms with E-state index >= 15 is 0 Å². The number of imide groups is 1. The number of benzene rings is 1. The largest absolute Gasteiger partial charge is 0.444 e. The highest BCUT2D eigenvalue weighted by Gasteiger charge is 2.46. The van der Waals surface area contributed by atoms with Gasteiger partial charge in [0.2, 0.25) is 11.8 Å². The number of hydrogen-bond donors (Lipinski definition) is 1. The molecule has 0 radical (unpaired) electrons. The number of carbonyl (C=O) groups is 3. The molecule has 168 valence electrons. The second-order valence-corrected chi connectivity index (χ2v) is 10.0. The van der Waals surface area contributed by atoms with Gasteiger partial charge in [0.15, 0.2) is 0 Å². The Morgan fingerprint density at radius 2 is 1.87 bits per heavy atom. The van der Waals surface area contributed by atoms with E-state index in [2.05, 4.69) is 5.32 Å². The number of likely N-dealkylation sites (tertiary alicyclic amines) is 1. The van der Waals surface area contributed by atoms with Gasteiger partial charge < -0.3 is 14.5 Å². The van der Waals surface area contributed by atoms with Crippen molar-refractivity contribution >= 4 is 23.6 Å². The number of nitrogens with one attached hydrogen (secondary N) is 1. The highest BCUT2D eigenvalue weighted by molar-refractivity contribution is 6.00. The number of rotatable bonds is 2. The number of carbonyl (C=O) groups excluding carboxylic acids is 3. The third kappa shape index (κ3) is 4.52. The molecule has 0 bridgehead atoms. The van der Waals surface area contributed by atoms with Gasteiger partial charge >= 0.3 is 6.09 Å². The van der Waals surface area contributed by atoms with Gasteiger partial charge in [0, 0.05) is 38.0 Å². The first-order valence-electron chi connectivity index (χ1n) is 10.9. The minimum absolute atomic E-state index is 0.104. The van der Waals surface area contributed by atoms with Crippen LogP contribution in [0.15, 0.2) is 18.2 Å². The van der Waals surface area contributed by atoms with Crippen molar-refractivity contribution in [3.8, 4) is 0 Å². The number of piperidine rings is 2. The van der Waals surface area contributed by atoms with Crippen LogP contribution in [-0.4, -0.2) is 54.6 Å². The zero-order valence-electron chi connectivity index (χ0n) is 18.4. The first kappa shape index (κ1) is 21.6. The molecule has 3 fully saturated rings. The maximum absolute atomic E-state index is 14.9. The Hall–Kier alpha value is -2.64. The van der Waals surface area contributed by atoms with Gasteiger partial charge in [0.1, 0.15) is 11.4 Å². The molecule has 7 nitrogen and oxygen atoms in total. The molecule has 1 atom stereocenters. The summed E-state index contributed by atoms with van der Waals surface area (Å²) in [6.45, 7) is 8.40. The third-order valence-electron chi connectivity index (χ3n) is 6.48. The normalized spacial score (nSPS) is 23.4. The molecule has 1 N–H and O–H groups in total. The maximum Gasteiger partial charge on any atom is 0.410 e. The van der Waals surface area contributed by atoms with Crippen molar-refractivity contribution in [2.75, 3.05) is 31.1 Å². The zero-order valence-corrected chi connectivity index (χ0v) is 18.4. The minimum Gasteiger partial charge on any atom is -0.444 e. The number of amides is 3. The van der Waals surface area contributed by atoms with E-state index in [1.54, 1.807) is 17.0 Å². The van der Waals surface area contributed by atoms with Crippen molar-refractivity contribution in [1.29, 1.82) is 0 Å². The highest BCUT2D eigenvalue weighted by atomic mass is 19.1. The number of nitrogens with zero attached hydrogens (tertiary/aromatic N) is 2. The second kappa shape index (κ2) is 7.80. The van der Waals surface area contributed by atoms with Gasteiger partial charge in [-0.25, -0.2) is 9.18 Å². The fraction of sp³-hybridized carbons (Fsp3) is 0.609. The van der Waals surface area contributed by atoms with Crippen LogP contribution < -0.4 is 10.2 Å². The molecule has 3 heterocycles. The van der Waals surface area contributed by atoms with Crippen LogP contribution in [0.25, 0.3) is 0 Å². The maximum atomic E-state index is 14.9. The van der Waals surface area contributed by atoms with E-state index in [1.165, 1.54) is 6.07 Å². The molecule has 3 aliphatic heterocycles. The summed E-state index contributed by atoms with van der Waals surface area (Å²) in [5, 5.41) is 2.32. The van der Waals surface area contributed by atoms with E-state index in [-0.39, 0.29) is 35.6 Å². The minimum atomic E-state index is -0.503. The van der Waals surface area contributed by atoms with Crippen LogP contribution >= 0.6 is 0 Å². The molecule has 3 aliphatic rings. The average Bonchev–Trinajstić information content (AvgIpc) is 2.65. The number of halogens is 1. The Morgan fingerprint density at radius 1 is 1.19 bits per heavy atom. The molecule has 4 rings (SSSR count). The van der Waals surface area contributed by atoms with Crippen LogP contribution in [0, 0.1) is 11.2 Å². The summed E-state index contributed by atoms with van der Waals surface area (Å²) in [6, 6.07) is 4.94. The fourth-order valence-corrected chi connectivity index (χ4v) is 4.75. The fourth-order valence-electron chi connectivity index (χ4n) is 4.75. The molecule has 8 heteroatoms. The molecule has 1 aromatic carbocycles. The number of ether oxygens (including phenoxy) is 1. The first-order chi connectivity index (χ1) is 14.6. The standard InChI is InChI=1S/C23H30FN3O4/c1-22(2,3)31-21(30)26-10-8-23(9-11-26)13-27(14-23)18-6-4-15(12-17(18)24)16-5-7-19(28)25-20(16)29/h4,6,12,16H,5,7-11,13-14H2,1-3H3,(H,25,28,29). The van der Waals surface area contributed by atoms with E-state index in [9.17, 15) is 18.8 Å². The summed E-state index contributed by atoms with van der Waals surface area (Å²) >= 11 is 0. The topological polar surface area (TPSA) is 79.0 Å². The molecule has 0 aromatic heterocycles. The first-order valence-corrected chi connectivity index (χ1v) is 10.9. The molecule has 1 unspecified atom stereocenters. The van der Waals surface area contributed by atoms with E-state index in [4.69, 9.17) is 4.74 Å². The van der Waals surface area contributed by atoms with Crippen molar-refractivity contribution in [3.63, 3.8) is 0 Å². The van der Waals surface area contributed by atoms with Crippen LogP contribution in [0.1, 0.15) is 57.9 Å². The monoisotopic (exact) mass is 431 g/mol. The van der Waals surface area contributed by atoms with Gasteiger partial charge in [-0.15, -0.1) is 0 Å². The van der Waals surface area contributed by atoms with Crippen LogP contribution in [0.2, 0.25) is 0 Å². The number of anilines is 1. The summed E-state index contributed by atoms with van der Waals surface area (Å²) in [4.78, 5) is 39.4. The molecular formula is C23H30FN3O4. The number of hydrogen-bond acceptors (Lipinski definition) is 5. The van der Waals surface area contributed by atoms with Gasteiger partial charge in [0.25, 0.3) is 0 Å². The lowest BCUT2D eigenvalue weighted by Crippen LogP contribution is -2.61. The van der Waals surface area contributed by atoms with E-state index in [1.807, 2.05) is 25.7 Å². The Morgan fingerprint density at radius 3 is 2.45 bits per heavy atom. The summed E-state index contributed by atoms with van der Waals surface area (Å²) in [7, 11) is 0. The predicted octanol–water partition coefficient (Wildman–Crippen LogP) is 3.18. The Bertz CT molecular complexity index is 895. The summed E-state index contributed by atoms with van der Waals surface area (Å²) in [5.41, 5.74) is 0.743. The second-order valence-electron chi connectivity index (χ2n) is 10.0. The summed E-state index contributed by atoms with van der Waals surface area (Å²) < 4.78 is 20.3. The third-order valence-corrected chi connectivity index (χ3v) is 6.48. The van der Waals surface area contributed by atoms with Gasteiger partial charge in [-0.2, -0.15) is 0 Å². The predicted molar refractivity (Wildman–Crippen MR) is 113 cm³/mol. The average molecular weight is 432 g/mol. The lowest BCUT2D eigenvalue weighted by Gasteiger charge is -2.55. The lowest BCUT2D eigenvalue weighted by atomic mass is 9.71. The SMILES string of the molecule is CC(C)(C)OC(=O)N1CCC2(CC1)CN(c1ccc(C3CCC(=O)NC3=O)cc1F)C2. The summed E-state index contributed by atoms with van der Waals surface area (Å²) in [6.07, 6.45) is 2.16. The molecule has 0 aliphatic carbocycles. The molecule has 1 aromatic rings. The van der Waals surface area contributed by atoms with Gasteiger partial charge in [-0.3, -0.25) is 14.9 Å². The van der Waals surface area contributed by atoms with Crippen LogP contribution in [0.4, 0.5) is 14.9 Å². The molecule has 3 saturated heterocycles. The molecule has 31 heavy (non-hydrogen) atoms. The van der Waals surface area contributed by atoms with Crippen molar-refractivity contribution in [1.82, 2.24) is 10.2 Å². The van der Waals surface area contributed by atoms with Gasteiger partial charge in [-0.1, -0.05) is 6.07 Å². The van der Waals surface area contributed by atoms with Crippen molar-refractivity contribution < 1.29 is 23.5 Å². The van der Waals surface area contributed by atoms with Crippen molar-refractivity contribution in [2.24, 2.45) is 5.41 Å². The van der Waals surface area contributed by atoms with Gasteiger partial charge in [-0.05, 0) is 57.7 Å².